The van der Waals surface area contributed by atoms with Crippen molar-refractivity contribution in [1.29, 1.82) is 0 Å². The third-order valence-electron chi connectivity index (χ3n) is 5.26. The molecule has 0 radical (unpaired) electrons. The lowest BCUT2D eigenvalue weighted by atomic mass is 9.99. The molecule has 10 nitrogen and oxygen atoms in total. The van der Waals surface area contributed by atoms with E-state index in [1.54, 1.807) is 6.08 Å². The van der Waals surface area contributed by atoms with Crippen molar-refractivity contribution in [2.75, 3.05) is 13.2 Å². The van der Waals surface area contributed by atoms with Gasteiger partial charge in [-0.1, -0.05) is 32.3 Å². The zero-order valence-electron chi connectivity index (χ0n) is 16.6. The van der Waals surface area contributed by atoms with Crippen LogP contribution in [0.1, 0.15) is 32.6 Å². The minimum atomic E-state index is -1.53. The predicted octanol–water partition coefficient (Wildman–Crippen LogP) is -1.60. The SMILES string of the molecule is C=CC(CCCCC)O[C@@H]1O[C@H](CO[C@@H]2O[C@@H](CO)[C@H](O)[C@H]2O)[C@@H](O)[C@H](O)[C@H]1O. The van der Waals surface area contributed by atoms with Gasteiger partial charge in [-0.15, -0.1) is 6.58 Å². The summed E-state index contributed by atoms with van der Waals surface area (Å²) in [4.78, 5) is 0. The Balaban J connectivity index is 1.93. The molecular formula is C19H34O10. The van der Waals surface area contributed by atoms with Gasteiger partial charge in [-0.05, 0) is 6.42 Å². The normalized spacial score (nSPS) is 41.4. The van der Waals surface area contributed by atoms with E-state index in [0.717, 1.165) is 19.3 Å². The van der Waals surface area contributed by atoms with Crippen molar-refractivity contribution in [1.82, 2.24) is 0 Å². The van der Waals surface area contributed by atoms with Crippen LogP contribution in [0.2, 0.25) is 0 Å². The molecule has 2 fully saturated rings. The highest BCUT2D eigenvalue weighted by atomic mass is 16.7. The van der Waals surface area contributed by atoms with Gasteiger partial charge in [0.15, 0.2) is 12.6 Å². The number of unbranched alkanes of at least 4 members (excludes halogenated alkanes) is 2. The largest absolute Gasteiger partial charge is 0.394 e. The van der Waals surface area contributed by atoms with E-state index in [0.29, 0.717) is 6.42 Å². The van der Waals surface area contributed by atoms with E-state index in [4.69, 9.17) is 24.1 Å². The minimum absolute atomic E-state index is 0.313. The molecule has 2 aliphatic heterocycles. The van der Waals surface area contributed by atoms with Gasteiger partial charge in [0.05, 0.1) is 19.3 Å². The predicted molar refractivity (Wildman–Crippen MR) is 99.6 cm³/mol. The molecule has 0 aromatic carbocycles. The van der Waals surface area contributed by atoms with Crippen LogP contribution in [0.4, 0.5) is 0 Å². The smallest absolute Gasteiger partial charge is 0.187 e. The lowest BCUT2D eigenvalue weighted by Gasteiger charge is -2.41. The third kappa shape index (κ3) is 6.17. The number of hydrogen-bond donors (Lipinski definition) is 6. The lowest BCUT2D eigenvalue weighted by molar-refractivity contribution is -0.316. The summed E-state index contributed by atoms with van der Waals surface area (Å²) in [6.45, 7) is 4.98. The van der Waals surface area contributed by atoms with Crippen LogP contribution in [-0.4, -0.2) is 105 Å². The standard InChI is InChI=1S/C19H34O10/c1-3-5-6-7-10(4-2)27-19-17(25)15(23)14(22)12(29-19)9-26-18-16(24)13(21)11(8-20)28-18/h4,10-25H,2-3,5-9H2,1H3/t10?,11-,12+,13-,14+,15-,16+,17+,18+,19+/m0/s1. The van der Waals surface area contributed by atoms with Crippen LogP contribution in [0.15, 0.2) is 12.7 Å². The summed E-state index contributed by atoms with van der Waals surface area (Å²) < 4.78 is 21.9. The van der Waals surface area contributed by atoms with Crippen LogP contribution in [0.25, 0.3) is 0 Å². The van der Waals surface area contributed by atoms with Gasteiger partial charge in [0.2, 0.25) is 0 Å². The Morgan fingerprint density at radius 1 is 0.897 bits per heavy atom. The molecule has 2 heterocycles. The molecular weight excluding hydrogens is 388 g/mol. The van der Waals surface area contributed by atoms with Gasteiger partial charge in [-0.25, -0.2) is 0 Å². The second-order valence-corrected chi connectivity index (χ2v) is 7.46. The van der Waals surface area contributed by atoms with Gasteiger partial charge in [0.25, 0.3) is 0 Å². The molecule has 29 heavy (non-hydrogen) atoms. The summed E-state index contributed by atoms with van der Waals surface area (Å²) in [5.41, 5.74) is 0. The highest BCUT2D eigenvalue weighted by Crippen LogP contribution is 2.27. The molecule has 0 aliphatic carbocycles. The van der Waals surface area contributed by atoms with E-state index in [1.165, 1.54) is 0 Å². The topological polar surface area (TPSA) is 158 Å². The summed E-state index contributed by atoms with van der Waals surface area (Å²) in [6.07, 6.45) is -6.88. The third-order valence-corrected chi connectivity index (χ3v) is 5.26. The van der Waals surface area contributed by atoms with Gasteiger partial charge in [0, 0.05) is 0 Å². The Hall–Kier alpha value is -0.660. The Kier molecular flexibility index (Phi) is 9.89. The number of aliphatic hydroxyl groups is 6. The van der Waals surface area contributed by atoms with E-state index in [2.05, 4.69) is 13.5 Å². The number of rotatable bonds is 11. The first kappa shape index (κ1) is 24.6. The maximum Gasteiger partial charge on any atom is 0.187 e. The summed E-state index contributed by atoms with van der Waals surface area (Å²) in [5, 5.41) is 59.3. The fourth-order valence-electron chi connectivity index (χ4n) is 3.37. The second-order valence-electron chi connectivity index (χ2n) is 7.46. The van der Waals surface area contributed by atoms with E-state index < -0.39 is 68.0 Å². The molecule has 10 heteroatoms. The maximum absolute atomic E-state index is 10.2. The fourth-order valence-corrected chi connectivity index (χ4v) is 3.37. The van der Waals surface area contributed by atoms with Crippen molar-refractivity contribution in [2.24, 2.45) is 0 Å². The van der Waals surface area contributed by atoms with Crippen molar-refractivity contribution in [2.45, 2.75) is 94.0 Å². The molecule has 0 saturated carbocycles. The molecule has 0 amide bonds. The highest BCUT2D eigenvalue weighted by Gasteiger charge is 2.47. The molecule has 0 aromatic heterocycles. The molecule has 1 unspecified atom stereocenters. The van der Waals surface area contributed by atoms with Crippen molar-refractivity contribution in [3.63, 3.8) is 0 Å². The average Bonchev–Trinajstić information content (AvgIpc) is 3.00. The molecule has 170 valence electrons. The maximum atomic E-state index is 10.2. The number of hydrogen-bond acceptors (Lipinski definition) is 10. The van der Waals surface area contributed by atoms with Crippen LogP contribution in [0.5, 0.6) is 0 Å². The van der Waals surface area contributed by atoms with Crippen molar-refractivity contribution < 1.29 is 49.6 Å². The second kappa shape index (κ2) is 11.7. The van der Waals surface area contributed by atoms with E-state index >= 15 is 0 Å². The molecule has 2 aliphatic rings. The van der Waals surface area contributed by atoms with Crippen LogP contribution in [0, 0.1) is 0 Å². The summed E-state index contributed by atoms with van der Waals surface area (Å²) in [7, 11) is 0. The monoisotopic (exact) mass is 422 g/mol. The summed E-state index contributed by atoms with van der Waals surface area (Å²) in [5.74, 6) is 0. The first-order valence-electron chi connectivity index (χ1n) is 10.1. The zero-order valence-corrected chi connectivity index (χ0v) is 16.6. The Morgan fingerprint density at radius 3 is 2.10 bits per heavy atom. The Morgan fingerprint density at radius 2 is 1.52 bits per heavy atom. The van der Waals surface area contributed by atoms with E-state index in [1.807, 2.05) is 0 Å². The van der Waals surface area contributed by atoms with Crippen molar-refractivity contribution >= 4 is 0 Å². The Bertz CT molecular complexity index is 492. The Labute approximate surface area is 170 Å². The summed E-state index contributed by atoms with van der Waals surface area (Å²) in [6, 6.07) is 0. The quantitative estimate of drug-likeness (QED) is 0.169. The summed E-state index contributed by atoms with van der Waals surface area (Å²) >= 11 is 0. The average molecular weight is 422 g/mol. The highest BCUT2D eigenvalue weighted by molar-refractivity contribution is 4.92. The molecule has 0 aromatic rings. The molecule has 6 N–H and O–H groups in total. The number of aliphatic hydroxyl groups excluding tert-OH is 6. The fraction of sp³-hybridized carbons (Fsp3) is 0.895. The van der Waals surface area contributed by atoms with Gasteiger partial charge >= 0.3 is 0 Å². The van der Waals surface area contributed by atoms with Gasteiger partial charge in [0.1, 0.15) is 42.7 Å². The van der Waals surface area contributed by atoms with Crippen molar-refractivity contribution in [3.05, 3.63) is 12.7 Å². The van der Waals surface area contributed by atoms with E-state index in [-0.39, 0.29) is 6.61 Å². The van der Waals surface area contributed by atoms with Gasteiger partial charge in [-0.2, -0.15) is 0 Å². The lowest BCUT2D eigenvalue weighted by Crippen LogP contribution is -2.60. The molecule has 0 bridgehead atoms. The van der Waals surface area contributed by atoms with Crippen molar-refractivity contribution in [3.8, 4) is 0 Å². The van der Waals surface area contributed by atoms with Crippen LogP contribution in [0.3, 0.4) is 0 Å². The zero-order chi connectivity index (χ0) is 21.6. The van der Waals surface area contributed by atoms with E-state index in [9.17, 15) is 25.5 Å². The molecule has 2 saturated heterocycles. The molecule has 2 rings (SSSR count). The molecule has 10 atom stereocenters. The molecule has 0 spiro atoms. The van der Waals surface area contributed by atoms with Gasteiger partial charge in [-0.3, -0.25) is 0 Å². The van der Waals surface area contributed by atoms with Gasteiger partial charge < -0.3 is 49.6 Å². The van der Waals surface area contributed by atoms with Crippen LogP contribution >= 0.6 is 0 Å². The first-order chi connectivity index (χ1) is 13.8. The van der Waals surface area contributed by atoms with Crippen LogP contribution in [-0.2, 0) is 18.9 Å². The minimum Gasteiger partial charge on any atom is -0.394 e. The number of ether oxygens (including phenoxy) is 4. The van der Waals surface area contributed by atoms with Crippen LogP contribution < -0.4 is 0 Å². The first-order valence-corrected chi connectivity index (χ1v) is 10.1.